The van der Waals surface area contributed by atoms with Crippen molar-refractivity contribution in [2.45, 2.75) is 9.79 Å². The van der Waals surface area contributed by atoms with Crippen LogP contribution in [0.3, 0.4) is 0 Å². The Balaban J connectivity index is 2.25. The van der Waals surface area contributed by atoms with Crippen molar-refractivity contribution in [2.24, 2.45) is 0 Å². The summed E-state index contributed by atoms with van der Waals surface area (Å²) in [7, 11) is 0. The zero-order valence-electron chi connectivity index (χ0n) is 9.17. The van der Waals surface area contributed by atoms with Gasteiger partial charge in [0.05, 0.1) is 4.92 Å². The molecule has 6 heteroatoms. The molecule has 0 spiro atoms. The van der Waals surface area contributed by atoms with Gasteiger partial charge in [-0.25, -0.2) is 4.39 Å². The largest absolute Gasteiger partial charge is 0.393 e. The summed E-state index contributed by atoms with van der Waals surface area (Å²) in [6.45, 7) is 0. The summed E-state index contributed by atoms with van der Waals surface area (Å²) < 4.78 is 13.0. The van der Waals surface area contributed by atoms with Gasteiger partial charge in [-0.05, 0) is 30.3 Å². The van der Waals surface area contributed by atoms with Crippen molar-refractivity contribution in [2.75, 3.05) is 5.73 Å². The normalized spacial score (nSPS) is 10.3. The van der Waals surface area contributed by atoms with Crippen LogP contribution in [-0.2, 0) is 0 Å². The summed E-state index contributed by atoms with van der Waals surface area (Å²) >= 11 is 1.29. The molecule has 0 aliphatic rings. The third-order valence-electron chi connectivity index (χ3n) is 2.23. The second kappa shape index (κ2) is 5.05. The number of anilines is 1. The minimum Gasteiger partial charge on any atom is -0.393 e. The van der Waals surface area contributed by atoms with E-state index in [1.165, 1.54) is 36.0 Å². The average Bonchev–Trinajstić information content (AvgIpc) is 2.28. The molecule has 0 fully saturated rings. The lowest BCUT2D eigenvalue weighted by atomic mass is 10.3. The lowest BCUT2D eigenvalue weighted by Gasteiger charge is -2.03. The molecule has 0 heterocycles. The highest BCUT2D eigenvalue weighted by molar-refractivity contribution is 7.99. The molecule has 0 amide bonds. The number of nitro groups is 1. The van der Waals surface area contributed by atoms with Gasteiger partial charge in [0.2, 0.25) is 0 Å². The van der Waals surface area contributed by atoms with Gasteiger partial charge in [0.15, 0.2) is 0 Å². The summed E-state index contributed by atoms with van der Waals surface area (Å²) in [6, 6.07) is 10.5. The average molecular weight is 264 g/mol. The van der Waals surface area contributed by atoms with Crippen LogP contribution in [0.25, 0.3) is 0 Å². The van der Waals surface area contributed by atoms with E-state index in [2.05, 4.69) is 0 Å². The number of hydrogen-bond donors (Lipinski definition) is 1. The van der Waals surface area contributed by atoms with E-state index in [1.54, 1.807) is 18.2 Å². The maximum Gasteiger partial charge on any atom is 0.292 e. The highest BCUT2D eigenvalue weighted by atomic mass is 32.2. The van der Waals surface area contributed by atoms with E-state index in [9.17, 15) is 14.5 Å². The summed E-state index contributed by atoms with van der Waals surface area (Å²) in [4.78, 5) is 11.5. The van der Waals surface area contributed by atoms with Gasteiger partial charge in [-0.3, -0.25) is 10.1 Å². The Morgan fingerprint density at radius 1 is 1.17 bits per heavy atom. The SMILES string of the molecule is Nc1cc(Sc2cccc(F)c2)ccc1[N+](=O)[O-]. The lowest BCUT2D eigenvalue weighted by Crippen LogP contribution is -1.95. The Kier molecular flexibility index (Phi) is 3.47. The first-order valence-electron chi connectivity index (χ1n) is 5.03. The molecule has 0 aliphatic carbocycles. The molecule has 0 aromatic heterocycles. The van der Waals surface area contributed by atoms with Gasteiger partial charge in [-0.1, -0.05) is 17.8 Å². The quantitative estimate of drug-likeness (QED) is 0.523. The summed E-state index contributed by atoms with van der Waals surface area (Å²) in [5.74, 6) is -0.324. The Morgan fingerprint density at radius 2 is 1.89 bits per heavy atom. The van der Waals surface area contributed by atoms with E-state index in [1.807, 2.05) is 0 Å². The standard InChI is InChI=1S/C12H9FN2O2S/c13-8-2-1-3-9(6-8)18-10-4-5-12(15(16)17)11(14)7-10/h1-7H,14H2. The van der Waals surface area contributed by atoms with Gasteiger partial charge in [0.1, 0.15) is 11.5 Å². The molecule has 18 heavy (non-hydrogen) atoms. The molecule has 2 N–H and O–H groups in total. The summed E-state index contributed by atoms with van der Waals surface area (Å²) in [6.07, 6.45) is 0. The smallest absolute Gasteiger partial charge is 0.292 e. The second-order valence-electron chi connectivity index (χ2n) is 3.54. The molecule has 0 atom stereocenters. The second-order valence-corrected chi connectivity index (χ2v) is 4.68. The van der Waals surface area contributed by atoms with Crippen LogP contribution in [0, 0.1) is 15.9 Å². The molecular weight excluding hydrogens is 255 g/mol. The van der Waals surface area contributed by atoms with E-state index >= 15 is 0 Å². The first kappa shape index (κ1) is 12.4. The highest BCUT2D eigenvalue weighted by Crippen LogP contribution is 2.32. The number of halogens is 1. The third-order valence-corrected chi connectivity index (χ3v) is 3.21. The van der Waals surface area contributed by atoms with Crippen LogP contribution in [0.5, 0.6) is 0 Å². The van der Waals surface area contributed by atoms with E-state index in [-0.39, 0.29) is 17.2 Å². The molecular formula is C12H9FN2O2S. The van der Waals surface area contributed by atoms with E-state index in [0.717, 1.165) is 4.90 Å². The molecule has 0 bridgehead atoms. The van der Waals surface area contributed by atoms with Gasteiger partial charge in [0.25, 0.3) is 5.69 Å². The fraction of sp³-hybridized carbons (Fsp3) is 0. The van der Waals surface area contributed by atoms with Gasteiger partial charge < -0.3 is 5.73 Å². The fourth-order valence-electron chi connectivity index (χ4n) is 1.43. The van der Waals surface area contributed by atoms with E-state index in [4.69, 9.17) is 5.73 Å². The van der Waals surface area contributed by atoms with Crippen LogP contribution >= 0.6 is 11.8 Å². The number of nitrogen functional groups attached to an aromatic ring is 1. The van der Waals surface area contributed by atoms with Crippen molar-refractivity contribution in [3.8, 4) is 0 Å². The van der Waals surface area contributed by atoms with Crippen LogP contribution < -0.4 is 5.73 Å². The van der Waals surface area contributed by atoms with Crippen LogP contribution in [0.1, 0.15) is 0 Å². The Bertz CT molecular complexity index is 604. The number of benzene rings is 2. The van der Waals surface area contributed by atoms with Crippen LogP contribution in [0.2, 0.25) is 0 Å². The first-order valence-corrected chi connectivity index (χ1v) is 5.85. The zero-order chi connectivity index (χ0) is 13.1. The molecule has 2 aromatic rings. The molecule has 0 saturated heterocycles. The van der Waals surface area contributed by atoms with Gasteiger partial charge in [0, 0.05) is 15.9 Å². The molecule has 92 valence electrons. The topological polar surface area (TPSA) is 69.2 Å². The summed E-state index contributed by atoms with van der Waals surface area (Å²) in [5, 5.41) is 10.6. The third kappa shape index (κ3) is 2.78. The number of hydrogen-bond acceptors (Lipinski definition) is 4. The van der Waals surface area contributed by atoms with Crippen molar-refractivity contribution >= 4 is 23.1 Å². The zero-order valence-corrected chi connectivity index (χ0v) is 9.99. The number of nitro benzene ring substituents is 1. The molecule has 0 unspecified atom stereocenters. The molecule has 2 aromatic carbocycles. The minimum absolute atomic E-state index is 0.0985. The fourth-order valence-corrected chi connectivity index (χ4v) is 2.34. The monoisotopic (exact) mass is 264 g/mol. The first-order chi connectivity index (χ1) is 8.56. The molecule has 0 saturated carbocycles. The maximum atomic E-state index is 13.0. The van der Waals surface area contributed by atoms with Gasteiger partial charge in [-0.2, -0.15) is 0 Å². The lowest BCUT2D eigenvalue weighted by molar-refractivity contribution is -0.383. The van der Waals surface area contributed by atoms with Crippen molar-refractivity contribution in [3.63, 3.8) is 0 Å². The van der Waals surface area contributed by atoms with Gasteiger partial charge >= 0.3 is 0 Å². The van der Waals surface area contributed by atoms with Crippen molar-refractivity contribution in [1.29, 1.82) is 0 Å². The Labute approximate surface area is 107 Å². The predicted octanol–water partition coefficient (Wildman–Crippen LogP) is 3.47. The van der Waals surface area contributed by atoms with Crippen LogP contribution in [-0.4, -0.2) is 4.92 Å². The molecule has 4 nitrogen and oxygen atoms in total. The van der Waals surface area contributed by atoms with Crippen LogP contribution in [0.15, 0.2) is 52.3 Å². The predicted molar refractivity (Wildman–Crippen MR) is 68.0 cm³/mol. The van der Waals surface area contributed by atoms with Crippen LogP contribution in [0.4, 0.5) is 15.8 Å². The minimum atomic E-state index is -0.536. The molecule has 0 aliphatic heterocycles. The molecule has 0 radical (unpaired) electrons. The number of nitrogens with zero attached hydrogens (tertiary/aromatic N) is 1. The van der Waals surface area contributed by atoms with Crippen molar-refractivity contribution in [1.82, 2.24) is 0 Å². The maximum absolute atomic E-state index is 13.0. The Hall–Kier alpha value is -2.08. The van der Waals surface area contributed by atoms with E-state index in [0.29, 0.717) is 4.90 Å². The number of nitrogens with two attached hydrogens (primary N) is 1. The molecule has 2 rings (SSSR count). The highest BCUT2D eigenvalue weighted by Gasteiger charge is 2.11. The number of rotatable bonds is 3. The van der Waals surface area contributed by atoms with Crippen molar-refractivity contribution in [3.05, 3.63) is 58.4 Å². The van der Waals surface area contributed by atoms with Gasteiger partial charge in [-0.15, -0.1) is 0 Å². The van der Waals surface area contributed by atoms with E-state index < -0.39 is 4.92 Å². The Morgan fingerprint density at radius 3 is 2.50 bits per heavy atom. The summed E-state index contributed by atoms with van der Waals surface area (Å²) in [5.41, 5.74) is 5.55. The van der Waals surface area contributed by atoms with Crippen molar-refractivity contribution < 1.29 is 9.31 Å².